The second-order valence-electron chi connectivity index (χ2n) is 7.31. The summed E-state index contributed by atoms with van der Waals surface area (Å²) >= 11 is 5.70. The number of fused-ring (bicyclic) bond motifs is 1. The van der Waals surface area contributed by atoms with Gasteiger partial charge in [-0.25, -0.2) is 9.18 Å². The molecule has 0 bridgehead atoms. The third kappa shape index (κ3) is 4.49. The summed E-state index contributed by atoms with van der Waals surface area (Å²) in [6, 6.07) is 7.81. The zero-order valence-corrected chi connectivity index (χ0v) is 17.5. The van der Waals surface area contributed by atoms with Crippen LogP contribution in [0.1, 0.15) is 21.6 Å². The Kier molecular flexibility index (Phi) is 5.75. The molecule has 172 valence electrons. The van der Waals surface area contributed by atoms with E-state index in [1.165, 1.54) is 27.8 Å². The molecule has 3 N–H and O–H groups in total. The molecule has 33 heavy (non-hydrogen) atoms. The Balaban J connectivity index is 1.58. The van der Waals surface area contributed by atoms with Gasteiger partial charge in [-0.1, -0.05) is 23.7 Å². The molecule has 4 rings (SSSR count). The van der Waals surface area contributed by atoms with Crippen molar-refractivity contribution >= 4 is 29.2 Å². The monoisotopic (exact) mass is 481 g/mol. The van der Waals surface area contributed by atoms with E-state index in [0.717, 1.165) is 18.2 Å². The molecule has 0 radical (unpaired) electrons. The molecule has 0 spiro atoms. The van der Waals surface area contributed by atoms with Crippen molar-refractivity contribution in [3.8, 4) is 11.3 Å². The van der Waals surface area contributed by atoms with Gasteiger partial charge in [0.05, 0.1) is 34.9 Å². The van der Waals surface area contributed by atoms with Crippen molar-refractivity contribution in [2.75, 3.05) is 11.9 Å². The number of urea groups is 1. The van der Waals surface area contributed by atoms with Crippen LogP contribution in [0.15, 0.2) is 42.5 Å². The van der Waals surface area contributed by atoms with Gasteiger partial charge in [-0.3, -0.25) is 9.48 Å². The Labute approximate surface area is 189 Å². The average molecular weight is 482 g/mol. The first-order valence-corrected chi connectivity index (χ1v) is 10.0. The highest BCUT2D eigenvalue weighted by Crippen LogP contribution is 2.36. The van der Waals surface area contributed by atoms with Crippen molar-refractivity contribution in [2.24, 2.45) is 5.73 Å². The number of carbonyl (C=O) groups excluding carboxylic acids is 2. The topological polar surface area (TPSA) is 93.2 Å². The molecule has 0 unspecified atom stereocenters. The summed E-state index contributed by atoms with van der Waals surface area (Å²) in [4.78, 5) is 26.3. The summed E-state index contributed by atoms with van der Waals surface area (Å²) in [6.45, 7) is 0.391. The number of nitrogens with two attached hydrogens (primary N) is 1. The number of nitrogens with zero attached hydrogens (tertiary/aromatic N) is 3. The number of nitrogens with one attached hydrogen (secondary N) is 1. The molecular weight excluding hydrogens is 466 g/mol. The highest BCUT2D eigenvalue weighted by atomic mass is 35.5. The summed E-state index contributed by atoms with van der Waals surface area (Å²) in [5.74, 6) is -1.29. The predicted octanol–water partition coefficient (Wildman–Crippen LogP) is 4.51. The van der Waals surface area contributed by atoms with Gasteiger partial charge in [0.2, 0.25) is 0 Å². The van der Waals surface area contributed by atoms with E-state index < -0.39 is 34.5 Å². The van der Waals surface area contributed by atoms with Crippen LogP contribution in [0.2, 0.25) is 5.02 Å². The van der Waals surface area contributed by atoms with Crippen molar-refractivity contribution in [2.45, 2.75) is 19.3 Å². The third-order valence-electron chi connectivity index (χ3n) is 5.14. The second-order valence-corrected chi connectivity index (χ2v) is 7.72. The van der Waals surface area contributed by atoms with E-state index in [2.05, 4.69) is 10.4 Å². The minimum Gasteiger partial charge on any atom is -0.365 e. The van der Waals surface area contributed by atoms with Crippen LogP contribution in [0.25, 0.3) is 11.3 Å². The first-order valence-electron chi connectivity index (χ1n) is 9.62. The summed E-state index contributed by atoms with van der Waals surface area (Å²) in [6.07, 6.45) is -4.62. The largest absolute Gasteiger partial charge is 0.417 e. The van der Waals surface area contributed by atoms with E-state index in [-0.39, 0.29) is 36.6 Å². The molecule has 0 aliphatic carbocycles. The molecule has 7 nitrogen and oxygen atoms in total. The number of benzene rings is 2. The van der Waals surface area contributed by atoms with E-state index in [1.807, 2.05) is 0 Å². The van der Waals surface area contributed by atoms with E-state index in [0.29, 0.717) is 11.3 Å². The minimum absolute atomic E-state index is 0.0409. The lowest BCUT2D eigenvalue weighted by atomic mass is 10.0. The molecular formula is C21H16ClF4N5O2. The van der Waals surface area contributed by atoms with Crippen LogP contribution in [-0.2, 0) is 19.3 Å². The summed E-state index contributed by atoms with van der Waals surface area (Å²) < 4.78 is 53.8. The maximum absolute atomic E-state index is 13.7. The molecule has 0 saturated heterocycles. The summed E-state index contributed by atoms with van der Waals surface area (Å²) in [5.41, 5.74) is 5.62. The molecule has 12 heteroatoms. The third-order valence-corrected chi connectivity index (χ3v) is 5.45. The molecule has 3 amide bonds. The summed E-state index contributed by atoms with van der Waals surface area (Å²) in [5, 5.41) is 6.32. The SMILES string of the molecule is NC(=O)c1c(-c2cccc(F)c2)nn2c1CN(C(=O)Nc1ccc(C(F)(F)F)c(Cl)c1)CC2. The number of amides is 3. The van der Waals surface area contributed by atoms with Crippen molar-refractivity contribution in [1.29, 1.82) is 0 Å². The van der Waals surface area contributed by atoms with Gasteiger partial charge in [0.25, 0.3) is 5.91 Å². The quantitative estimate of drug-likeness (QED) is 0.539. The fourth-order valence-corrected chi connectivity index (χ4v) is 3.90. The lowest BCUT2D eigenvalue weighted by molar-refractivity contribution is -0.137. The van der Waals surface area contributed by atoms with Gasteiger partial charge >= 0.3 is 12.2 Å². The Morgan fingerprint density at radius 2 is 1.88 bits per heavy atom. The standard InChI is InChI=1S/C21H16ClF4N5O2/c22-15-9-13(4-5-14(15)21(24,25)26)28-20(33)30-6-7-31-16(10-30)17(19(27)32)18(29-31)11-2-1-3-12(23)8-11/h1-5,8-9H,6-7,10H2,(H2,27,32)(H,28,33). The average Bonchev–Trinajstić information content (AvgIpc) is 3.12. The van der Waals surface area contributed by atoms with Crippen LogP contribution in [0.3, 0.4) is 0 Å². The Hall–Kier alpha value is -3.60. The van der Waals surface area contributed by atoms with Gasteiger partial charge in [-0.05, 0) is 30.3 Å². The van der Waals surface area contributed by atoms with Gasteiger partial charge in [0.15, 0.2) is 0 Å². The number of anilines is 1. The number of alkyl halides is 3. The van der Waals surface area contributed by atoms with E-state index in [4.69, 9.17) is 17.3 Å². The molecule has 1 aliphatic rings. The van der Waals surface area contributed by atoms with Crippen molar-refractivity contribution in [3.63, 3.8) is 0 Å². The number of aromatic nitrogens is 2. The normalized spacial score (nSPS) is 13.5. The highest BCUT2D eigenvalue weighted by Gasteiger charge is 2.33. The van der Waals surface area contributed by atoms with E-state index in [9.17, 15) is 27.2 Å². The number of halogens is 5. The molecule has 0 fully saturated rings. The Morgan fingerprint density at radius 3 is 2.52 bits per heavy atom. The molecule has 3 aromatic rings. The number of primary amides is 1. The second kappa shape index (κ2) is 8.39. The molecule has 2 aromatic carbocycles. The van der Waals surface area contributed by atoms with E-state index in [1.54, 1.807) is 6.07 Å². The minimum atomic E-state index is -4.62. The number of rotatable bonds is 3. The highest BCUT2D eigenvalue weighted by molar-refractivity contribution is 6.31. The lowest BCUT2D eigenvalue weighted by Crippen LogP contribution is -2.41. The van der Waals surface area contributed by atoms with Crippen LogP contribution < -0.4 is 11.1 Å². The first-order chi connectivity index (χ1) is 15.5. The maximum Gasteiger partial charge on any atom is 0.417 e. The Bertz CT molecular complexity index is 1260. The lowest BCUT2D eigenvalue weighted by Gasteiger charge is -2.28. The van der Waals surface area contributed by atoms with Crippen LogP contribution >= 0.6 is 11.6 Å². The van der Waals surface area contributed by atoms with Gasteiger partial charge in [0, 0.05) is 17.8 Å². The number of carbonyl (C=O) groups is 2. The molecule has 0 saturated carbocycles. The van der Waals surface area contributed by atoms with Crippen LogP contribution in [0, 0.1) is 5.82 Å². The van der Waals surface area contributed by atoms with Gasteiger partial charge in [-0.15, -0.1) is 0 Å². The molecule has 1 aliphatic heterocycles. The fraction of sp³-hybridized carbons (Fsp3) is 0.190. The molecule has 0 atom stereocenters. The van der Waals surface area contributed by atoms with Crippen molar-refractivity contribution in [1.82, 2.24) is 14.7 Å². The summed E-state index contributed by atoms with van der Waals surface area (Å²) in [7, 11) is 0. The van der Waals surface area contributed by atoms with Gasteiger partial charge in [-0.2, -0.15) is 18.3 Å². The zero-order chi connectivity index (χ0) is 23.9. The first kappa shape index (κ1) is 22.6. The number of hydrogen-bond donors (Lipinski definition) is 2. The predicted molar refractivity (Wildman–Crippen MR) is 112 cm³/mol. The maximum atomic E-state index is 13.7. The van der Waals surface area contributed by atoms with Crippen LogP contribution in [0.5, 0.6) is 0 Å². The molecule has 2 heterocycles. The zero-order valence-electron chi connectivity index (χ0n) is 16.8. The Morgan fingerprint density at radius 1 is 1.12 bits per heavy atom. The van der Waals surface area contributed by atoms with Crippen molar-refractivity contribution < 1.29 is 27.2 Å². The smallest absolute Gasteiger partial charge is 0.365 e. The van der Waals surface area contributed by atoms with Crippen LogP contribution in [-0.4, -0.2) is 33.2 Å². The van der Waals surface area contributed by atoms with E-state index >= 15 is 0 Å². The molecule has 1 aromatic heterocycles. The van der Waals surface area contributed by atoms with Crippen LogP contribution in [0.4, 0.5) is 28.0 Å². The number of hydrogen-bond acceptors (Lipinski definition) is 3. The van der Waals surface area contributed by atoms with Crippen molar-refractivity contribution in [3.05, 3.63) is 70.1 Å². The fourth-order valence-electron chi connectivity index (χ4n) is 3.61. The van der Waals surface area contributed by atoms with Gasteiger partial charge < -0.3 is 16.0 Å². The van der Waals surface area contributed by atoms with Gasteiger partial charge in [0.1, 0.15) is 11.5 Å².